The normalized spacial score (nSPS) is 21.4. The number of carboxylic acids is 1. The van der Waals surface area contributed by atoms with E-state index >= 15 is 0 Å². The monoisotopic (exact) mass is 299 g/mol. The molecular weight excluding hydrogens is 274 g/mol. The van der Waals surface area contributed by atoms with Gasteiger partial charge in [0.1, 0.15) is 0 Å². The molecule has 0 radical (unpaired) electrons. The predicted molar refractivity (Wildman–Crippen MR) is 77.8 cm³/mol. The molecule has 7 nitrogen and oxygen atoms in total. The fourth-order valence-corrected chi connectivity index (χ4v) is 2.36. The summed E-state index contributed by atoms with van der Waals surface area (Å²) in [6, 6.07) is -0.272. The number of aliphatic carboxylic acids is 1. The van der Waals surface area contributed by atoms with Crippen LogP contribution in [-0.2, 0) is 9.59 Å². The van der Waals surface area contributed by atoms with E-state index in [1.807, 2.05) is 6.92 Å². The molecule has 120 valence electrons. The summed E-state index contributed by atoms with van der Waals surface area (Å²) >= 11 is 0. The van der Waals surface area contributed by atoms with Gasteiger partial charge in [-0.05, 0) is 32.1 Å². The Labute approximate surface area is 124 Å². The van der Waals surface area contributed by atoms with Crippen molar-refractivity contribution in [1.82, 2.24) is 16.0 Å². The molecule has 0 aromatic heterocycles. The molecule has 1 saturated carbocycles. The second-order valence-electron chi connectivity index (χ2n) is 5.39. The quantitative estimate of drug-likeness (QED) is 0.559. The number of rotatable bonds is 7. The maximum Gasteiger partial charge on any atom is 0.315 e. The fraction of sp³-hybridized carbons (Fsp3) is 0.786. The number of carboxylic acid groups (broad SMARTS) is 1. The Morgan fingerprint density at radius 1 is 1.05 bits per heavy atom. The van der Waals surface area contributed by atoms with Gasteiger partial charge in [0, 0.05) is 25.6 Å². The number of hydrogen-bond donors (Lipinski definition) is 4. The van der Waals surface area contributed by atoms with Crippen molar-refractivity contribution in [2.45, 2.75) is 51.5 Å². The van der Waals surface area contributed by atoms with Crippen LogP contribution in [-0.4, -0.2) is 42.1 Å². The lowest BCUT2D eigenvalue weighted by molar-refractivity contribution is -0.142. The standard InChI is InChI=1S/C14H25N3O4/c1-2-8-15-12(18)7-9-16-14(21)17-11-5-3-10(4-6-11)13(19)20/h10-11H,2-9H2,1H3,(H,15,18)(H,19,20)(H2,16,17,21). The van der Waals surface area contributed by atoms with Gasteiger partial charge >= 0.3 is 12.0 Å². The molecule has 0 aromatic rings. The predicted octanol–water partition coefficient (Wildman–Crippen LogP) is 0.845. The summed E-state index contributed by atoms with van der Waals surface area (Å²) in [5.74, 6) is -1.11. The van der Waals surface area contributed by atoms with Crippen molar-refractivity contribution >= 4 is 17.9 Å². The first-order chi connectivity index (χ1) is 10.0. The van der Waals surface area contributed by atoms with Crippen molar-refractivity contribution in [3.63, 3.8) is 0 Å². The van der Waals surface area contributed by atoms with Gasteiger partial charge in [0.05, 0.1) is 5.92 Å². The molecule has 1 rings (SSSR count). The van der Waals surface area contributed by atoms with Gasteiger partial charge in [0.15, 0.2) is 0 Å². The first kappa shape index (κ1) is 17.3. The van der Waals surface area contributed by atoms with E-state index in [0.717, 1.165) is 6.42 Å². The Kier molecular flexibility index (Phi) is 7.56. The van der Waals surface area contributed by atoms with Gasteiger partial charge in [0.2, 0.25) is 5.91 Å². The van der Waals surface area contributed by atoms with Gasteiger partial charge < -0.3 is 21.1 Å². The zero-order valence-electron chi connectivity index (χ0n) is 12.5. The highest BCUT2D eigenvalue weighted by atomic mass is 16.4. The van der Waals surface area contributed by atoms with Crippen molar-refractivity contribution in [2.24, 2.45) is 5.92 Å². The van der Waals surface area contributed by atoms with E-state index in [9.17, 15) is 14.4 Å². The third kappa shape index (κ3) is 6.97. The third-order valence-corrected chi connectivity index (χ3v) is 3.62. The average molecular weight is 299 g/mol. The molecule has 21 heavy (non-hydrogen) atoms. The average Bonchev–Trinajstić information content (AvgIpc) is 2.45. The maximum absolute atomic E-state index is 11.7. The van der Waals surface area contributed by atoms with Gasteiger partial charge in [-0.1, -0.05) is 6.92 Å². The van der Waals surface area contributed by atoms with Crippen LogP contribution in [0.2, 0.25) is 0 Å². The minimum absolute atomic E-state index is 0.0227. The Bertz CT molecular complexity index is 365. The SMILES string of the molecule is CCCNC(=O)CCNC(=O)NC1CCC(C(=O)O)CC1. The summed E-state index contributed by atoms with van der Waals surface area (Å²) in [5.41, 5.74) is 0. The van der Waals surface area contributed by atoms with Crippen LogP contribution in [0, 0.1) is 5.92 Å². The van der Waals surface area contributed by atoms with Crippen LogP contribution >= 0.6 is 0 Å². The second-order valence-corrected chi connectivity index (χ2v) is 5.39. The van der Waals surface area contributed by atoms with Crippen molar-refractivity contribution in [3.05, 3.63) is 0 Å². The van der Waals surface area contributed by atoms with E-state index in [4.69, 9.17) is 5.11 Å². The number of hydrogen-bond acceptors (Lipinski definition) is 3. The number of carbonyl (C=O) groups excluding carboxylic acids is 2. The Balaban J connectivity index is 2.12. The van der Waals surface area contributed by atoms with E-state index in [1.165, 1.54) is 0 Å². The van der Waals surface area contributed by atoms with Gasteiger partial charge in [-0.25, -0.2) is 4.79 Å². The van der Waals surface area contributed by atoms with Crippen molar-refractivity contribution in [3.8, 4) is 0 Å². The summed E-state index contributed by atoms with van der Waals surface area (Å²) in [5, 5.41) is 17.1. The molecule has 1 fully saturated rings. The van der Waals surface area contributed by atoms with Gasteiger partial charge in [-0.15, -0.1) is 0 Å². The lowest BCUT2D eigenvalue weighted by atomic mass is 9.86. The number of amides is 3. The van der Waals surface area contributed by atoms with Gasteiger partial charge in [0.25, 0.3) is 0 Å². The zero-order valence-corrected chi connectivity index (χ0v) is 12.5. The van der Waals surface area contributed by atoms with Crippen molar-refractivity contribution in [1.29, 1.82) is 0 Å². The molecule has 0 spiro atoms. The van der Waals surface area contributed by atoms with E-state index in [-0.39, 0.29) is 30.3 Å². The smallest absolute Gasteiger partial charge is 0.315 e. The van der Waals surface area contributed by atoms with Crippen LogP contribution in [0.3, 0.4) is 0 Å². The van der Waals surface area contributed by atoms with Crippen molar-refractivity contribution < 1.29 is 19.5 Å². The number of carbonyl (C=O) groups is 3. The van der Waals surface area contributed by atoms with Gasteiger partial charge in [-0.3, -0.25) is 9.59 Å². The van der Waals surface area contributed by atoms with Crippen LogP contribution in [0.1, 0.15) is 45.4 Å². The maximum atomic E-state index is 11.7. The van der Waals surface area contributed by atoms with Crippen LogP contribution in [0.25, 0.3) is 0 Å². The molecule has 0 saturated heterocycles. The molecule has 0 aliphatic heterocycles. The molecule has 0 bridgehead atoms. The first-order valence-electron chi connectivity index (χ1n) is 7.56. The topological polar surface area (TPSA) is 108 Å². The highest BCUT2D eigenvalue weighted by Crippen LogP contribution is 2.24. The zero-order chi connectivity index (χ0) is 15.7. The molecule has 4 N–H and O–H groups in total. The summed E-state index contributed by atoms with van der Waals surface area (Å²) in [6.07, 6.45) is 3.71. The molecule has 3 amide bonds. The molecule has 0 atom stereocenters. The number of nitrogens with one attached hydrogen (secondary N) is 3. The highest BCUT2D eigenvalue weighted by molar-refractivity contribution is 5.78. The summed E-state index contributed by atoms with van der Waals surface area (Å²) < 4.78 is 0. The minimum Gasteiger partial charge on any atom is -0.481 e. The second kappa shape index (κ2) is 9.20. The van der Waals surface area contributed by atoms with Crippen LogP contribution in [0.15, 0.2) is 0 Å². The van der Waals surface area contributed by atoms with Crippen LogP contribution in [0.4, 0.5) is 4.79 Å². The summed E-state index contributed by atoms with van der Waals surface area (Å²) in [7, 11) is 0. The minimum atomic E-state index is -0.754. The van der Waals surface area contributed by atoms with E-state index in [1.54, 1.807) is 0 Å². The Morgan fingerprint density at radius 3 is 2.29 bits per heavy atom. The highest BCUT2D eigenvalue weighted by Gasteiger charge is 2.26. The first-order valence-corrected chi connectivity index (χ1v) is 7.56. The third-order valence-electron chi connectivity index (χ3n) is 3.62. The van der Waals surface area contributed by atoms with Gasteiger partial charge in [-0.2, -0.15) is 0 Å². The lowest BCUT2D eigenvalue weighted by Crippen LogP contribution is -2.45. The fourth-order valence-electron chi connectivity index (χ4n) is 2.36. The Hall–Kier alpha value is -1.79. The van der Waals surface area contributed by atoms with E-state index < -0.39 is 5.97 Å². The van der Waals surface area contributed by atoms with E-state index in [0.29, 0.717) is 38.8 Å². The molecule has 0 heterocycles. The summed E-state index contributed by atoms with van der Waals surface area (Å²) in [6.45, 7) is 2.93. The molecule has 7 heteroatoms. The van der Waals surface area contributed by atoms with E-state index in [2.05, 4.69) is 16.0 Å². The largest absolute Gasteiger partial charge is 0.481 e. The van der Waals surface area contributed by atoms with Crippen molar-refractivity contribution in [2.75, 3.05) is 13.1 Å². The summed E-state index contributed by atoms with van der Waals surface area (Å²) in [4.78, 5) is 33.8. The molecule has 1 aliphatic rings. The molecule has 1 aliphatic carbocycles. The molecular formula is C14H25N3O4. The lowest BCUT2D eigenvalue weighted by Gasteiger charge is -2.26. The molecule has 0 unspecified atom stereocenters. The van der Waals surface area contributed by atoms with Crippen LogP contribution in [0.5, 0.6) is 0 Å². The number of urea groups is 1. The van der Waals surface area contributed by atoms with Crippen LogP contribution < -0.4 is 16.0 Å². The Morgan fingerprint density at radius 2 is 1.71 bits per heavy atom. The molecule has 0 aromatic carbocycles.